The van der Waals surface area contributed by atoms with Crippen molar-refractivity contribution in [2.45, 2.75) is 19.4 Å². The van der Waals surface area contributed by atoms with Gasteiger partial charge in [-0.15, -0.1) is 0 Å². The number of methoxy groups -OCH3 is 1. The van der Waals surface area contributed by atoms with Crippen molar-refractivity contribution in [3.05, 3.63) is 0 Å². The summed E-state index contributed by atoms with van der Waals surface area (Å²) >= 11 is 0. The maximum Gasteiger partial charge on any atom is 0.234 e. The fourth-order valence-electron chi connectivity index (χ4n) is 1.42. The number of amides is 2. The number of carbonyl (C=O) groups excluding carboxylic acids is 2. The molecule has 6 nitrogen and oxygen atoms in total. The summed E-state index contributed by atoms with van der Waals surface area (Å²) in [5.41, 5.74) is 5.21. The van der Waals surface area contributed by atoms with E-state index in [9.17, 15) is 9.59 Å². The van der Waals surface area contributed by atoms with Crippen molar-refractivity contribution in [1.82, 2.24) is 10.2 Å². The molecule has 6 heteroatoms. The van der Waals surface area contributed by atoms with Crippen LogP contribution < -0.4 is 11.1 Å². The first kappa shape index (κ1) is 14.9. The standard InChI is InChI=1S/C10H21N3O3/c1-4-8(10(11)15)13(2)7-9(14)12-5-6-16-3/h8H,4-7H2,1-3H3,(H2,11,15)(H,12,14). The molecular weight excluding hydrogens is 210 g/mol. The van der Waals surface area contributed by atoms with Gasteiger partial charge in [-0.1, -0.05) is 6.92 Å². The molecule has 0 radical (unpaired) electrons. The molecule has 0 rings (SSSR count). The predicted octanol–water partition coefficient (Wildman–Crippen LogP) is -1.06. The Balaban J connectivity index is 3.97. The molecular formula is C10H21N3O3. The highest BCUT2D eigenvalue weighted by atomic mass is 16.5. The Morgan fingerprint density at radius 2 is 2.12 bits per heavy atom. The van der Waals surface area contributed by atoms with Crippen molar-refractivity contribution in [2.75, 3.05) is 33.9 Å². The highest BCUT2D eigenvalue weighted by Gasteiger charge is 2.20. The van der Waals surface area contributed by atoms with Gasteiger partial charge in [-0.3, -0.25) is 14.5 Å². The van der Waals surface area contributed by atoms with Crippen LogP contribution in [0.25, 0.3) is 0 Å². The van der Waals surface area contributed by atoms with E-state index < -0.39 is 11.9 Å². The van der Waals surface area contributed by atoms with E-state index in [4.69, 9.17) is 10.5 Å². The molecule has 0 aliphatic rings. The van der Waals surface area contributed by atoms with Crippen molar-refractivity contribution in [3.8, 4) is 0 Å². The second kappa shape index (κ2) is 8.06. The van der Waals surface area contributed by atoms with Crippen LogP contribution in [0.2, 0.25) is 0 Å². The van der Waals surface area contributed by atoms with Gasteiger partial charge in [-0.05, 0) is 13.5 Å². The Labute approximate surface area is 96.1 Å². The molecule has 0 aliphatic heterocycles. The zero-order chi connectivity index (χ0) is 12.6. The molecule has 0 bridgehead atoms. The summed E-state index contributed by atoms with van der Waals surface area (Å²) in [5.74, 6) is -0.547. The number of rotatable bonds is 8. The second-order valence-corrected chi connectivity index (χ2v) is 3.58. The average Bonchev–Trinajstić information content (AvgIpc) is 2.18. The van der Waals surface area contributed by atoms with Crippen molar-refractivity contribution < 1.29 is 14.3 Å². The summed E-state index contributed by atoms with van der Waals surface area (Å²) < 4.78 is 4.80. The van der Waals surface area contributed by atoms with Crippen LogP contribution in [0.4, 0.5) is 0 Å². The van der Waals surface area contributed by atoms with Crippen molar-refractivity contribution in [1.29, 1.82) is 0 Å². The molecule has 0 heterocycles. The second-order valence-electron chi connectivity index (χ2n) is 3.58. The van der Waals surface area contributed by atoms with E-state index in [2.05, 4.69) is 5.32 Å². The van der Waals surface area contributed by atoms with E-state index in [1.165, 1.54) is 0 Å². The molecule has 0 aromatic rings. The normalized spacial score (nSPS) is 12.5. The number of hydrogen-bond acceptors (Lipinski definition) is 4. The van der Waals surface area contributed by atoms with Gasteiger partial charge in [0.05, 0.1) is 19.2 Å². The molecule has 1 atom stereocenters. The third-order valence-corrected chi connectivity index (χ3v) is 2.27. The SMILES string of the molecule is CCC(C(N)=O)N(C)CC(=O)NCCOC. The lowest BCUT2D eigenvalue weighted by atomic mass is 10.2. The van der Waals surface area contributed by atoms with E-state index in [0.717, 1.165) is 0 Å². The van der Waals surface area contributed by atoms with Crippen LogP contribution in [-0.4, -0.2) is 56.6 Å². The molecule has 0 saturated heterocycles. The zero-order valence-electron chi connectivity index (χ0n) is 10.2. The summed E-state index contributed by atoms with van der Waals surface area (Å²) in [7, 11) is 3.27. The first-order valence-corrected chi connectivity index (χ1v) is 5.28. The molecule has 0 saturated carbocycles. The summed E-state index contributed by atoms with van der Waals surface area (Å²) in [6.07, 6.45) is 0.594. The Morgan fingerprint density at radius 3 is 2.56 bits per heavy atom. The lowest BCUT2D eigenvalue weighted by molar-refractivity contribution is -0.126. The van der Waals surface area contributed by atoms with Gasteiger partial charge >= 0.3 is 0 Å². The fraction of sp³-hybridized carbons (Fsp3) is 0.800. The summed E-state index contributed by atoms with van der Waals surface area (Å²) in [6, 6.07) is -0.395. The Kier molecular flexibility index (Phi) is 7.49. The molecule has 94 valence electrons. The maximum atomic E-state index is 11.4. The van der Waals surface area contributed by atoms with Gasteiger partial charge in [-0.25, -0.2) is 0 Å². The van der Waals surface area contributed by atoms with E-state index in [1.54, 1.807) is 19.1 Å². The zero-order valence-corrected chi connectivity index (χ0v) is 10.2. The van der Waals surface area contributed by atoms with Gasteiger partial charge in [0, 0.05) is 13.7 Å². The Hall–Kier alpha value is -1.14. The van der Waals surface area contributed by atoms with Crippen LogP contribution in [0, 0.1) is 0 Å². The average molecular weight is 231 g/mol. The third-order valence-electron chi connectivity index (χ3n) is 2.27. The molecule has 3 N–H and O–H groups in total. The predicted molar refractivity (Wildman–Crippen MR) is 60.8 cm³/mol. The topological polar surface area (TPSA) is 84.7 Å². The minimum Gasteiger partial charge on any atom is -0.383 e. The van der Waals surface area contributed by atoms with E-state index in [-0.39, 0.29) is 12.5 Å². The highest BCUT2D eigenvalue weighted by molar-refractivity contribution is 5.82. The first-order chi connectivity index (χ1) is 7.52. The molecule has 16 heavy (non-hydrogen) atoms. The molecule has 0 aliphatic carbocycles. The number of nitrogens with zero attached hydrogens (tertiary/aromatic N) is 1. The fourth-order valence-corrected chi connectivity index (χ4v) is 1.42. The van der Waals surface area contributed by atoms with Gasteiger partial charge in [0.1, 0.15) is 0 Å². The van der Waals surface area contributed by atoms with Gasteiger partial charge in [0.15, 0.2) is 0 Å². The number of hydrogen-bond donors (Lipinski definition) is 2. The Morgan fingerprint density at radius 1 is 1.50 bits per heavy atom. The smallest absolute Gasteiger partial charge is 0.234 e. The number of nitrogens with one attached hydrogen (secondary N) is 1. The maximum absolute atomic E-state index is 11.4. The molecule has 0 aromatic carbocycles. The molecule has 2 amide bonds. The van der Waals surface area contributed by atoms with Gasteiger partial charge in [-0.2, -0.15) is 0 Å². The molecule has 1 unspecified atom stereocenters. The van der Waals surface area contributed by atoms with Gasteiger partial charge in [0.2, 0.25) is 11.8 Å². The number of ether oxygens (including phenoxy) is 1. The van der Waals surface area contributed by atoms with E-state index in [0.29, 0.717) is 19.6 Å². The van der Waals surface area contributed by atoms with E-state index >= 15 is 0 Å². The number of carbonyl (C=O) groups is 2. The van der Waals surface area contributed by atoms with Crippen molar-refractivity contribution in [3.63, 3.8) is 0 Å². The van der Waals surface area contributed by atoms with Crippen LogP contribution in [0.15, 0.2) is 0 Å². The van der Waals surface area contributed by atoms with Crippen molar-refractivity contribution in [2.24, 2.45) is 5.73 Å². The summed E-state index contributed by atoms with van der Waals surface area (Å²) in [5, 5.41) is 2.67. The summed E-state index contributed by atoms with van der Waals surface area (Å²) in [6.45, 7) is 2.96. The number of nitrogens with two attached hydrogens (primary N) is 1. The van der Waals surface area contributed by atoms with Gasteiger partial charge < -0.3 is 15.8 Å². The molecule has 0 spiro atoms. The number of primary amides is 1. The molecule has 0 fully saturated rings. The van der Waals surface area contributed by atoms with Crippen molar-refractivity contribution >= 4 is 11.8 Å². The minimum atomic E-state index is -0.408. The largest absolute Gasteiger partial charge is 0.383 e. The van der Waals surface area contributed by atoms with E-state index in [1.807, 2.05) is 6.92 Å². The van der Waals surface area contributed by atoms with Crippen LogP contribution in [0.3, 0.4) is 0 Å². The lowest BCUT2D eigenvalue weighted by Crippen LogP contribution is -2.46. The minimum absolute atomic E-state index is 0.140. The van der Waals surface area contributed by atoms with Gasteiger partial charge in [0.25, 0.3) is 0 Å². The van der Waals surface area contributed by atoms with Crippen LogP contribution in [-0.2, 0) is 14.3 Å². The Bertz CT molecular complexity index is 233. The summed E-state index contributed by atoms with van der Waals surface area (Å²) in [4.78, 5) is 24.1. The lowest BCUT2D eigenvalue weighted by Gasteiger charge is -2.23. The third kappa shape index (κ3) is 5.67. The highest BCUT2D eigenvalue weighted by Crippen LogP contribution is 1.99. The quantitative estimate of drug-likeness (QED) is 0.522. The van der Waals surface area contributed by atoms with Crippen LogP contribution in [0.1, 0.15) is 13.3 Å². The van der Waals surface area contributed by atoms with Crippen LogP contribution >= 0.6 is 0 Å². The monoisotopic (exact) mass is 231 g/mol. The number of likely N-dealkylation sites (N-methyl/N-ethyl adjacent to an activating group) is 1. The first-order valence-electron chi connectivity index (χ1n) is 5.28. The van der Waals surface area contributed by atoms with Crippen LogP contribution in [0.5, 0.6) is 0 Å². The molecule has 0 aromatic heterocycles.